The first kappa shape index (κ1) is 18.2. The van der Waals surface area contributed by atoms with Gasteiger partial charge in [0.05, 0.1) is 4.92 Å². The lowest BCUT2D eigenvalue weighted by atomic mass is 9.80. The van der Waals surface area contributed by atoms with Crippen LogP contribution in [0.25, 0.3) is 0 Å². The highest BCUT2D eigenvalue weighted by atomic mass is 16.6. The summed E-state index contributed by atoms with van der Waals surface area (Å²) in [6.07, 6.45) is 0. The van der Waals surface area contributed by atoms with E-state index in [9.17, 15) is 15.3 Å². The van der Waals surface area contributed by atoms with E-state index in [2.05, 4.69) is 5.32 Å². The lowest BCUT2D eigenvalue weighted by molar-refractivity contribution is -0.384. The number of nitro groups is 1. The van der Waals surface area contributed by atoms with Crippen molar-refractivity contribution in [2.75, 3.05) is 18.4 Å². The maximum Gasteiger partial charge on any atom is 0.269 e. The van der Waals surface area contributed by atoms with Crippen LogP contribution in [0.2, 0.25) is 0 Å². The number of hydrogen-bond donors (Lipinski definition) is 1. The number of rotatable bonds is 5. The van der Waals surface area contributed by atoms with Gasteiger partial charge in [0.1, 0.15) is 18.8 Å². The molecule has 6 heteroatoms. The van der Waals surface area contributed by atoms with Gasteiger partial charge in [-0.1, -0.05) is 48.0 Å². The summed E-state index contributed by atoms with van der Waals surface area (Å²) in [7, 11) is 0. The molecule has 0 aromatic heterocycles. The number of quaternary nitrogens is 1. The smallest absolute Gasteiger partial charge is 0.269 e. The summed E-state index contributed by atoms with van der Waals surface area (Å²) in [5.74, 6) is 0. The van der Waals surface area contributed by atoms with Crippen LogP contribution in [0.1, 0.15) is 11.1 Å². The number of hydrogen-bond acceptors (Lipinski definition) is 4. The van der Waals surface area contributed by atoms with Crippen molar-refractivity contribution in [3.05, 3.63) is 105 Å². The first-order chi connectivity index (χ1) is 13.4. The topological polar surface area (TPSA) is 78.2 Å². The molecular formula is C22H21N3O3. The predicted molar refractivity (Wildman–Crippen MR) is 111 cm³/mol. The van der Waals surface area contributed by atoms with Crippen LogP contribution < -0.4 is 9.96 Å². The van der Waals surface area contributed by atoms with Gasteiger partial charge in [0, 0.05) is 17.8 Å². The Kier molecular flexibility index (Phi) is 4.37. The molecule has 1 N–H and O–H groups in total. The minimum absolute atomic E-state index is 0.0431. The van der Waals surface area contributed by atoms with Crippen LogP contribution in [0.3, 0.4) is 0 Å². The van der Waals surface area contributed by atoms with Crippen molar-refractivity contribution >= 4 is 17.1 Å². The molecule has 0 spiro atoms. The summed E-state index contributed by atoms with van der Waals surface area (Å²) in [6.45, 7) is 2.69. The van der Waals surface area contributed by atoms with Crippen molar-refractivity contribution in [3.63, 3.8) is 0 Å². The predicted octanol–water partition coefficient (Wildman–Crippen LogP) is 4.73. The Bertz CT molecular complexity index is 980. The van der Waals surface area contributed by atoms with Gasteiger partial charge in [-0.15, -0.1) is 0 Å². The van der Waals surface area contributed by atoms with Crippen LogP contribution in [0.4, 0.5) is 17.1 Å². The van der Waals surface area contributed by atoms with Crippen LogP contribution in [0.5, 0.6) is 0 Å². The maximum atomic E-state index is 13.4. The summed E-state index contributed by atoms with van der Waals surface area (Å²) >= 11 is 0. The number of nitro benzene ring substituents is 1. The SMILES string of the molecule is Cc1ccc([N+]2([O-])CC(Nc3ccc([N+](=O)[O-])cc3)(c3ccccc3)C2)cc1. The van der Waals surface area contributed by atoms with Crippen LogP contribution >= 0.6 is 0 Å². The highest BCUT2D eigenvalue weighted by Crippen LogP contribution is 2.43. The fourth-order valence-electron chi connectivity index (χ4n) is 3.86. The van der Waals surface area contributed by atoms with Gasteiger partial charge < -0.3 is 15.2 Å². The van der Waals surface area contributed by atoms with E-state index in [1.54, 1.807) is 12.1 Å². The zero-order valence-electron chi connectivity index (χ0n) is 15.5. The van der Waals surface area contributed by atoms with E-state index in [1.165, 1.54) is 12.1 Å². The molecule has 3 aromatic carbocycles. The van der Waals surface area contributed by atoms with Crippen molar-refractivity contribution < 1.29 is 4.92 Å². The summed E-state index contributed by atoms with van der Waals surface area (Å²) < 4.78 is -0.408. The second-order valence-electron chi connectivity index (χ2n) is 7.42. The molecule has 1 fully saturated rings. The van der Waals surface area contributed by atoms with Crippen LogP contribution in [0.15, 0.2) is 78.9 Å². The van der Waals surface area contributed by atoms with Gasteiger partial charge >= 0.3 is 0 Å². The summed E-state index contributed by atoms with van der Waals surface area (Å²) in [6, 6.07) is 23.9. The monoisotopic (exact) mass is 375 g/mol. The van der Waals surface area contributed by atoms with Crippen molar-refractivity contribution in [1.29, 1.82) is 0 Å². The van der Waals surface area contributed by atoms with Crippen molar-refractivity contribution in [2.24, 2.45) is 0 Å². The molecule has 28 heavy (non-hydrogen) atoms. The van der Waals surface area contributed by atoms with Crippen LogP contribution in [0, 0.1) is 22.2 Å². The molecule has 4 rings (SSSR count). The largest absolute Gasteiger partial charge is 0.627 e. The van der Waals surface area contributed by atoms with E-state index >= 15 is 0 Å². The van der Waals surface area contributed by atoms with Gasteiger partial charge in [-0.05, 0) is 36.8 Å². The molecule has 0 aliphatic carbocycles. The normalized spacial score (nSPS) is 23.6. The molecule has 0 saturated carbocycles. The number of aryl methyl sites for hydroxylation is 1. The number of hydroxylamine groups is 2. The van der Waals surface area contributed by atoms with E-state index < -0.39 is 15.1 Å². The minimum atomic E-state index is -0.524. The van der Waals surface area contributed by atoms with Gasteiger partial charge in [0.2, 0.25) is 0 Å². The third-order valence-corrected chi connectivity index (χ3v) is 5.34. The molecule has 6 nitrogen and oxygen atoms in total. The van der Waals surface area contributed by atoms with E-state index in [-0.39, 0.29) is 5.69 Å². The Morgan fingerprint density at radius 1 is 0.929 bits per heavy atom. The van der Waals surface area contributed by atoms with E-state index in [0.29, 0.717) is 13.1 Å². The third kappa shape index (κ3) is 3.24. The Morgan fingerprint density at radius 2 is 1.54 bits per heavy atom. The quantitative estimate of drug-likeness (QED) is 0.303. The Labute approximate surface area is 163 Å². The zero-order valence-corrected chi connectivity index (χ0v) is 15.5. The molecule has 0 radical (unpaired) electrons. The van der Waals surface area contributed by atoms with Gasteiger partial charge in [-0.25, -0.2) is 0 Å². The molecular weight excluding hydrogens is 354 g/mol. The van der Waals surface area contributed by atoms with Gasteiger partial charge in [0.25, 0.3) is 5.69 Å². The van der Waals surface area contributed by atoms with Gasteiger partial charge in [-0.2, -0.15) is 0 Å². The first-order valence-electron chi connectivity index (χ1n) is 9.14. The van der Waals surface area contributed by atoms with Crippen molar-refractivity contribution in [3.8, 4) is 0 Å². The number of non-ortho nitro benzene ring substituents is 1. The highest BCUT2D eigenvalue weighted by Gasteiger charge is 2.54. The van der Waals surface area contributed by atoms with E-state index in [4.69, 9.17) is 0 Å². The number of nitrogens with one attached hydrogen (secondary N) is 1. The molecule has 0 amide bonds. The van der Waals surface area contributed by atoms with Crippen molar-refractivity contribution in [1.82, 2.24) is 4.65 Å². The molecule has 142 valence electrons. The fourth-order valence-corrected chi connectivity index (χ4v) is 3.86. The number of nitrogens with zero attached hydrogens (tertiary/aromatic N) is 2. The van der Waals surface area contributed by atoms with Crippen molar-refractivity contribution in [2.45, 2.75) is 12.5 Å². The van der Waals surface area contributed by atoms with Crippen LogP contribution in [-0.2, 0) is 5.54 Å². The molecule has 0 bridgehead atoms. The van der Waals surface area contributed by atoms with E-state index in [0.717, 1.165) is 22.5 Å². The summed E-state index contributed by atoms with van der Waals surface area (Å²) in [5, 5.41) is 27.8. The highest BCUT2D eigenvalue weighted by molar-refractivity contribution is 5.57. The Hall–Kier alpha value is -3.22. The molecule has 1 aliphatic rings. The summed E-state index contributed by atoms with van der Waals surface area (Å²) in [4.78, 5) is 10.5. The number of benzene rings is 3. The van der Waals surface area contributed by atoms with E-state index in [1.807, 2.05) is 61.5 Å². The maximum absolute atomic E-state index is 13.4. The molecule has 0 atom stereocenters. The molecule has 3 aromatic rings. The molecule has 0 unspecified atom stereocenters. The Morgan fingerprint density at radius 3 is 2.11 bits per heavy atom. The Balaban J connectivity index is 1.64. The standard InChI is InChI=1S/C22H21N3O3/c1-17-7-13-21(14-8-17)25(28)15-22(16-25,18-5-3-2-4-6-18)23-19-9-11-20(12-10-19)24(26)27/h2-14,23H,15-16H2,1H3. The lowest BCUT2D eigenvalue weighted by Crippen LogP contribution is -2.73. The van der Waals surface area contributed by atoms with Gasteiger partial charge in [0.15, 0.2) is 5.54 Å². The molecule has 1 heterocycles. The fraction of sp³-hybridized carbons (Fsp3) is 0.182. The third-order valence-electron chi connectivity index (χ3n) is 5.34. The minimum Gasteiger partial charge on any atom is -0.627 e. The molecule has 1 saturated heterocycles. The second-order valence-corrected chi connectivity index (χ2v) is 7.42. The number of anilines is 1. The van der Waals surface area contributed by atoms with Gasteiger partial charge in [-0.3, -0.25) is 10.1 Å². The van der Waals surface area contributed by atoms with Crippen LogP contribution in [-0.4, -0.2) is 18.0 Å². The zero-order chi connectivity index (χ0) is 19.8. The summed E-state index contributed by atoms with van der Waals surface area (Å²) in [5.41, 5.74) is 3.16. The average Bonchev–Trinajstić information content (AvgIpc) is 2.68. The average molecular weight is 375 g/mol. The second kappa shape index (κ2) is 6.74. The first-order valence-corrected chi connectivity index (χ1v) is 9.14. The molecule has 1 aliphatic heterocycles. The lowest BCUT2D eigenvalue weighted by Gasteiger charge is -2.60.